The third-order valence-electron chi connectivity index (χ3n) is 18.6. The molecule has 3 N–H and O–H groups in total. The molecule has 12 heteroatoms. The number of H-pyrrole nitrogens is 1. The predicted octanol–water partition coefficient (Wildman–Crippen LogP) is 16.4. The van der Waals surface area contributed by atoms with Gasteiger partial charge in [0, 0.05) is 46.8 Å². The van der Waals surface area contributed by atoms with E-state index in [0.29, 0.717) is 79.3 Å². The van der Waals surface area contributed by atoms with E-state index in [1.54, 1.807) is 0 Å². The second-order valence-electron chi connectivity index (χ2n) is 28.6. The zero-order valence-corrected chi connectivity index (χ0v) is 55.3. The second kappa shape index (κ2) is 26.0. The largest absolute Gasteiger partial charge is 2.00 e. The predicted molar refractivity (Wildman–Crippen MR) is 309 cm³/mol. The summed E-state index contributed by atoms with van der Waals surface area (Å²) in [5.74, 6) is -0.628. The SMILES string of the molecule is CCC(CC)(CCCO)C(=O)N=C1[N-]/C(=C\c2[nH]c(NC(=O)C(CC)(CC)CC)c(C(=O)OC3C(C(C)(C)C)CC(C)CC3C(C)(C)C)c2C(C)C)C(C(C)C)=C1C(=O)OC1C(C(C)(C)C)CC(C)CC1C(C)(C)C.[Zn+2]. The molecule has 1 aliphatic heterocycles. The first-order valence-corrected chi connectivity index (χ1v) is 29.4. The summed E-state index contributed by atoms with van der Waals surface area (Å²) in [6.07, 6.45) is 8.49. The van der Waals surface area contributed by atoms with Crippen LogP contribution in [0.2, 0.25) is 0 Å². The van der Waals surface area contributed by atoms with E-state index in [2.05, 4.69) is 107 Å². The number of hydrogen-bond donors (Lipinski definition) is 3. The average molecular weight is 1110 g/mol. The molecule has 4 unspecified atom stereocenters. The van der Waals surface area contributed by atoms with E-state index in [0.717, 1.165) is 25.7 Å². The Labute approximate surface area is 475 Å². The Morgan fingerprint density at radius 2 is 1.08 bits per heavy atom. The van der Waals surface area contributed by atoms with Gasteiger partial charge >= 0.3 is 31.4 Å². The molecule has 0 aromatic carbocycles. The molecule has 2 amide bonds. The van der Waals surface area contributed by atoms with Crippen molar-refractivity contribution in [1.29, 1.82) is 0 Å². The van der Waals surface area contributed by atoms with E-state index in [1.807, 2.05) is 68.4 Å². The monoisotopic (exact) mass is 1110 g/mol. The number of nitrogens with one attached hydrogen (secondary N) is 2. The van der Waals surface area contributed by atoms with Crippen molar-refractivity contribution in [3.63, 3.8) is 0 Å². The minimum absolute atomic E-state index is 0. The summed E-state index contributed by atoms with van der Waals surface area (Å²) in [7, 11) is 0. The fraction of sp³-hybridized carbons (Fsp3) is 0.797. The molecule has 0 bridgehead atoms. The van der Waals surface area contributed by atoms with Crippen LogP contribution in [0.3, 0.4) is 0 Å². The number of hydrogen-bond acceptors (Lipinski definition) is 7. The van der Waals surface area contributed by atoms with Crippen LogP contribution in [0.15, 0.2) is 21.8 Å². The molecule has 11 nitrogen and oxygen atoms in total. The first kappa shape index (κ1) is 67.2. The van der Waals surface area contributed by atoms with E-state index in [4.69, 9.17) is 19.8 Å². The standard InChI is InChI=1S/C64H108N4O7.Zn/c1-24-63(25-2,26-3)57(72)67-53-49(55(70)74-51-41(59(12,13)14)32-39(10)33-42(51)60(15,16)17)47(37(6)7)45(65-53)36-46-48(38(8)9)50(54(66-46)68-58(73)64(27-4,28-5)30-29-31-69)56(71)75-52-43(61(18,19)20)34-40(11)35-44(52)62(21,22)23;/h36-44,51-52,69H,24-35H2,1-23H3,(H3,65,66,67,68,70,71,72,73);/q;+2/p-1. The number of carbonyl (C=O) groups excluding carboxylic acids is 4. The molecule has 3 aliphatic rings. The van der Waals surface area contributed by atoms with Crippen molar-refractivity contribution in [3.05, 3.63) is 39.0 Å². The average Bonchev–Trinajstić information content (AvgIpc) is 3.84. The second-order valence-corrected chi connectivity index (χ2v) is 28.6. The number of aliphatic imine (C=N–C) groups is 1. The van der Waals surface area contributed by atoms with Gasteiger partial charge in [0.05, 0.1) is 5.57 Å². The molecule has 0 spiro atoms. The molecule has 1 aromatic heterocycles. The van der Waals surface area contributed by atoms with Gasteiger partial charge in [-0.1, -0.05) is 159 Å². The normalized spacial score (nSPS) is 25.2. The van der Waals surface area contributed by atoms with Gasteiger partial charge in [0.15, 0.2) is 5.91 Å². The van der Waals surface area contributed by atoms with Crippen LogP contribution in [0.25, 0.3) is 11.4 Å². The number of carbonyl (C=O) groups is 4. The molecule has 2 heterocycles. The molecule has 2 saturated carbocycles. The quantitative estimate of drug-likeness (QED) is 0.0974. The minimum Gasteiger partial charge on any atom is -0.458 e. The molecule has 76 heavy (non-hydrogen) atoms. The Morgan fingerprint density at radius 1 is 0.671 bits per heavy atom. The number of nitrogens with zero attached hydrogens (tertiary/aromatic N) is 2. The molecule has 4 rings (SSSR count). The first-order valence-electron chi connectivity index (χ1n) is 29.4. The van der Waals surface area contributed by atoms with Crippen molar-refractivity contribution in [2.45, 2.75) is 248 Å². The maximum atomic E-state index is 15.5. The van der Waals surface area contributed by atoms with E-state index in [1.165, 1.54) is 0 Å². The van der Waals surface area contributed by atoms with Crippen LogP contribution in [0.4, 0.5) is 5.82 Å². The van der Waals surface area contributed by atoms with Crippen molar-refractivity contribution in [1.82, 2.24) is 4.98 Å². The summed E-state index contributed by atoms with van der Waals surface area (Å²) in [5, 5.41) is 18.3. The van der Waals surface area contributed by atoms with Crippen LogP contribution in [0, 0.1) is 73.9 Å². The Balaban J connectivity index is 0.0000152. The van der Waals surface area contributed by atoms with Crippen LogP contribution in [0.1, 0.15) is 257 Å². The molecule has 2 fully saturated rings. The van der Waals surface area contributed by atoms with Gasteiger partial charge in [-0.05, 0) is 145 Å². The van der Waals surface area contributed by atoms with Crippen LogP contribution in [-0.2, 0) is 43.3 Å². The van der Waals surface area contributed by atoms with Gasteiger partial charge in [0.1, 0.15) is 23.6 Å². The Hall–Kier alpha value is -3.11. The number of allylic oxidation sites excluding steroid dienone is 1. The van der Waals surface area contributed by atoms with E-state index < -0.39 is 28.9 Å². The van der Waals surface area contributed by atoms with Crippen LogP contribution in [0.5, 0.6) is 0 Å². The van der Waals surface area contributed by atoms with Gasteiger partial charge in [-0.25, -0.2) is 9.59 Å². The fourth-order valence-corrected chi connectivity index (χ4v) is 13.4. The number of anilines is 1. The van der Waals surface area contributed by atoms with E-state index in [9.17, 15) is 14.7 Å². The number of ether oxygens (including phenoxy) is 2. The van der Waals surface area contributed by atoms with E-state index >= 15 is 9.59 Å². The smallest absolute Gasteiger partial charge is 0.458 e. The number of aromatic amines is 1. The number of aliphatic hydroxyl groups is 1. The van der Waals surface area contributed by atoms with Crippen molar-refractivity contribution in [3.8, 4) is 0 Å². The van der Waals surface area contributed by atoms with Gasteiger partial charge in [0.2, 0.25) is 5.91 Å². The number of aliphatic hydroxyl groups excluding tert-OH is 1. The zero-order chi connectivity index (χ0) is 57.1. The number of amides is 2. The maximum absolute atomic E-state index is 15.5. The molecular formula is C64H107N4O7Zn+. The summed E-state index contributed by atoms with van der Waals surface area (Å²) in [6.45, 7) is 49.4. The van der Waals surface area contributed by atoms with Gasteiger partial charge in [-0.3, -0.25) is 9.59 Å². The summed E-state index contributed by atoms with van der Waals surface area (Å²) in [6, 6.07) is 0. The number of amidine groups is 1. The molecule has 0 saturated heterocycles. The van der Waals surface area contributed by atoms with Crippen molar-refractivity contribution in [2.24, 2.45) is 78.9 Å². The minimum atomic E-state index is -0.870. The van der Waals surface area contributed by atoms with Crippen LogP contribution in [-0.4, -0.2) is 58.5 Å². The third-order valence-corrected chi connectivity index (χ3v) is 18.6. The van der Waals surface area contributed by atoms with E-state index in [-0.39, 0.29) is 124 Å². The number of esters is 2. The van der Waals surface area contributed by atoms with Gasteiger partial charge in [-0.2, -0.15) is 0 Å². The van der Waals surface area contributed by atoms with Crippen molar-refractivity contribution < 1.29 is 53.2 Å². The summed E-state index contributed by atoms with van der Waals surface area (Å²) in [4.78, 5) is 68.8. The fourth-order valence-electron chi connectivity index (χ4n) is 13.4. The van der Waals surface area contributed by atoms with Crippen molar-refractivity contribution in [2.75, 3.05) is 11.9 Å². The van der Waals surface area contributed by atoms with Crippen LogP contribution < -0.4 is 5.32 Å². The number of aromatic nitrogens is 1. The first-order chi connectivity index (χ1) is 34.5. The van der Waals surface area contributed by atoms with Gasteiger partial charge < -0.3 is 35.2 Å². The molecule has 426 valence electrons. The Kier molecular flexibility index (Phi) is 23.0. The van der Waals surface area contributed by atoms with Crippen LogP contribution >= 0.6 is 0 Å². The topological polar surface area (TPSA) is 161 Å². The molecule has 1 aromatic rings. The summed E-state index contributed by atoms with van der Waals surface area (Å²) >= 11 is 0. The van der Waals surface area contributed by atoms with Crippen molar-refractivity contribution >= 4 is 41.5 Å². The number of rotatable bonds is 18. The Bertz CT molecular complexity index is 2210. The molecular weight excluding hydrogens is 1000 g/mol. The molecule has 4 atom stereocenters. The summed E-state index contributed by atoms with van der Waals surface area (Å²) in [5.41, 5.74) is 0.481. The van der Waals surface area contributed by atoms with Gasteiger partial charge in [-0.15, -0.1) is 0 Å². The molecule has 0 radical (unpaired) electrons. The van der Waals surface area contributed by atoms with Gasteiger partial charge in [0.25, 0.3) is 0 Å². The molecule has 2 aliphatic carbocycles. The summed E-state index contributed by atoms with van der Waals surface area (Å²) < 4.78 is 13.9. The Morgan fingerprint density at radius 3 is 1.43 bits per heavy atom. The zero-order valence-electron chi connectivity index (χ0n) is 52.3. The third kappa shape index (κ3) is 14.8. The maximum Gasteiger partial charge on any atom is 2.00 e.